The molecule has 0 aliphatic carbocycles. The molecule has 1 aliphatic heterocycles. The number of piperazine rings is 1. The average Bonchev–Trinajstić information content (AvgIpc) is 2.35. The molecule has 0 radical (unpaired) electrons. The van der Waals surface area contributed by atoms with Crippen molar-refractivity contribution < 1.29 is 19.3 Å². The van der Waals surface area contributed by atoms with Crippen molar-refractivity contribution in [3.8, 4) is 0 Å². The third-order valence-corrected chi connectivity index (χ3v) is 2.85. The van der Waals surface area contributed by atoms with E-state index in [1.54, 1.807) is 0 Å². The fraction of sp³-hybridized carbons (Fsp3) is 0.800. The lowest BCUT2D eigenvalue weighted by atomic mass is 10.4. The van der Waals surface area contributed by atoms with Crippen LogP contribution in [-0.4, -0.2) is 59.7 Å². The van der Waals surface area contributed by atoms with E-state index in [0.29, 0.717) is 24.7 Å². The van der Waals surface area contributed by atoms with Crippen molar-refractivity contribution >= 4 is 37.1 Å². The van der Waals surface area contributed by atoms with Gasteiger partial charge in [-0.05, 0) is 24.3 Å². The highest BCUT2D eigenvalue weighted by Crippen LogP contribution is 2.07. The van der Waals surface area contributed by atoms with Crippen LogP contribution in [-0.2, 0) is 19.3 Å². The zero-order chi connectivity index (χ0) is 13.4. The molecule has 0 spiro atoms. The van der Waals surface area contributed by atoms with E-state index in [1.807, 2.05) is 0 Å². The molecule has 0 aromatic heterocycles. The molecule has 1 aliphatic rings. The van der Waals surface area contributed by atoms with Crippen LogP contribution < -0.4 is 0 Å². The van der Waals surface area contributed by atoms with Crippen molar-refractivity contribution in [3.05, 3.63) is 0 Å². The van der Waals surface area contributed by atoms with Crippen molar-refractivity contribution in [3.63, 3.8) is 0 Å². The summed E-state index contributed by atoms with van der Waals surface area (Å²) in [5.74, 6) is 0.795. The van der Waals surface area contributed by atoms with E-state index in [2.05, 4.69) is 25.3 Å². The van der Waals surface area contributed by atoms with Gasteiger partial charge in [-0.25, -0.2) is 10.1 Å². The van der Waals surface area contributed by atoms with Gasteiger partial charge in [-0.3, -0.25) is 19.3 Å². The number of hydroxylamine groups is 4. The number of hydrogen-bond acceptors (Lipinski definition) is 6. The summed E-state index contributed by atoms with van der Waals surface area (Å²) in [6.45, 7) is 0.546. The predicted octanol–water partition coefficient (Wildman–Crippen LogP) is 0.160. The molecule has 0 atom stereocenters. The second kappa shape index (κ2) is 8.63. The number of hydrogen-bond donors (Lipinski definition) is 2. The minimum atomic E-state index is -0.278. The monoisotopic (exact) mass is 294 g/mol. The van der Waals surface area contributed by atoms with Crippen LogP contribution in [0.1, 0.15) is 12.8 Å². The van der Waals surface area contributed by atoms with E-state index in [1.165, 1.54) is 0 Å². The normalized spacial score (nSPS) is 16.6. The van der Waals surface area contributed by atoms with Gasteiger partial charge in [0.1, 0.15) is 13.1 Å². The number of carbonyl (C=O) groups excluding carboxylic acids is 2. The van der Waals surface area contributed by atoms with Crippen LogP contribution >= 0.6 is 25.3 Å². The summed E-state index contributed by atoms with van der Waals surface area (Å²) in [6, 6.07) is 0. The predicted molar refractivity (Wildman–Crippen MR) is 72.3 cm³/mol. The summed E-state index contributed by atoms with van der Waals surface area (Å²) >= 11 is 8.07. The summed E-state index contributed by atoms with van der Waals surface area (Å²) < 4.78 is 0. The smallest absolute Gasteiger partial charge is 0.268 e. The molecule has 6 nitrogen and oxygen atoms in total. The van der Waals surface area contributed by atoms with E-state index in [-0.39, 0.29) is 24.9 Å². The first-order chi connectivity index (χ1) is 8.69. The second-order valence-electron chi connectivity index (χ2n) is 3.68. The Bertz CT molecular complexity index is 263. The Labute approximate surface area is 117 Å². The maximum atomic E-state index is 11.7. The lowest BCUT2D eigenvalue weighted by molar-refractivity contribution is -0.230. The van der Waals surface area contributed by atoms with Crippen LogP contribution in [0.15, 0.2) is 0 Å². The molecular weight excluding hydrogens is 276 g/mol. The van der Waals surface area contributed by atoms with Gasteiger partial charge in [0.25, 0.3) is 11.8 Å². The minimum absolute atomic E-state index is 0.105. The average molecular weight is 294 g/mol. The Kier molecular flexibility index (Phi) is 7.48. The first-order valence-electron chi connectivity index (χ1n) is 5.77. The topological polar surface area (TPSA) is 59.1 Å². The summed E-state index contributed by atoms with van der Waals surface area (Å²) in [4.78, 5) is 33.7. The molecular formula is C10H18N2O4S2. The van der Waals surface area contributed by atoms with E-state index < -0.39 is 0 Å². The molecule has 0 bridgehead atoms. The first kappa shape index (κ1) is 15.6. The van der Waals surface area contributed by atoms with Crippen LogP contribution in [0.25, 0.3) is 0 Å². The van der Waals surface area contributed by atoms with Gasteiger partial charge in [-0.2, -0.15) is 25.3 Å². The number of thiol groups is 2. The Balaban J connectivity index is 2.34. The Morgan fingerprint density at radius 1 is 0.889 bits per heavy atom. The molecule has 0 aromatic rings. The lowest BCUT2D eigenvalue weighted by Gasteiger charge is -2.31. The maximum absolute atomic E-state index is 11.7. The van der Waals surface area contributed by atoms with E-state index in [4.69, 9.17) is 9.68 Å². The fourth-order valence-corrected chi connectivity index (χ4v) is 1.55. The Morgan fingerprint density at radius 2 is 1.28 bits per heavy atom. The molecule has 1 heterocycles. The van der Waals surface area contributed by atoms with Crippen LogP contribution in [0.2, 0.25) is 0 Å². The number of amides is 2. The zero-order valence-corrected chi connectivity index (χ0v) is 11.9. The summed E-state index contributed by atoms with van der Waals surface area (Å²) in [5, 5.41) is 2.18. The fourth-order valence-electron chi connectivity index (χ4n) is 1.29. The molecule has 1 saturated heterocycles. The molecule has 0 aromatic carbocycles. The minimum Gasteiger partial charge on any atom is -0.270 e. The van der Waals surface area contributed by atoms with Gasteiger partial charge in [0.05, 0.1) is 13.2 Å². The molecule has 0 N–H and O–H groups in total. The number of nitrogens with zero attached hydrogens (tertiary/aromatic N) is 2. The van der Waals surface area contributed by atoms with Gasteiger partial charge in [0.2, 0.25) is 0 Å². The standard InChI is InChI=1S/C10H18N2O4S2/c13-9-8-12(16-4-2-6-18)10(14)7-11(9)15-3-1-5-17/h17-18H,1-8H2. The quantitative estimate of drug-likeness (QED) is 0.495. The molecule has 1 rings (SSSR count). The summed E-state index contributed by atoms with van der Waals surface area (Å²) in [6.07, 6.45) is 1.45. The van der Waals surface area contributed by atoms with Gasteiger partial charge < -0.3 is 0 Å². The molecule has 8 heteroatoms. The van der Waals surface area contributed by atoms with Crippen molar-refractivity contribution in [1.82, 2.24) is 10.1 Å². The number of carbonyl (C=O) groups is 2. The summed E-state index contributed by atoms with van der Waals surface area (Å²) in [5.41, 5.74) is 0. The van der Waals surface area contributed by atoms with Gasteiger partial charge in [-0.15, -0.1) is 0 Å². The largest absolute Gasteiger partial charge is 0.270 e. The molecule has 0 saturated carbocycles. The van der Waals surface area contributed by atoms with Gasteiger partial charge >= 0.3 is 0 Å². The van der Waals surface area contributed by atoms with Gasteiger partial charge in [0.15, 0.2) is 0 Å². The Morgan fingerprint density at radius 3 is 1.61 bits per heavy atom. The number of rotatable bonds is 8. The van der Waals surface area contributed by atoms with Gasteiger partial charge in [0, 0.05) is 0 Å². The van der Waals surface area contributed by atoms with Crippen LogP contribution in [0.3, 0.4) is 0 Å². The summed E-state index contributed by atoms with van der Waals surface area (Å²) in [7, 11) is 0. The van der Waals surface area contributed by atoms with Gasteiger partial charge in [-0.1, -0.05) is 0 Å². The first-order valence-corrected chi connectivity index (χ1v) is 7.03. The van der Waals surface area contributed by atoms with Crippen molar-refractivity contribution in [1.29, 1.82) is 0 Å². The second-order valence-corrected chi connectivity index (χ2v) is 4.58. The highest BCUT2D eigenvalue weighted by molar-refractivity contribution is 7.80. The molecule has 0 unspecified atom stereocenters. The highest BCUT2D eigenvalue weighted by Gasteiger charge is 2.31. The molecule has 1 fully saturated rings. The van der Waals surface area contributed by atoms with Crippen LogP contribution in [0.5, 0.6) is 0 Å². The third-order valence-electron chi connectivity index (χ3n) is 2.21. The zero-order valence-electron chi connectivity index (χ0n) is 10.1. The van der Waals surface area contributed by atoms with Crippen LogP contribution in [0.4, 0.5) is 0 Å². The Hall–Kier alpha value is -0.440. The van der Waals surface area contributed by atoms with E-state index in [0.717, 1.165) is 23.0 Å². The van der Waals surface area contributed by atoms with Crippen molar-refractivity contribution in [2.75, 3.05) is 37.8 Å². The lowest BCUT2D eigenvalue weighted by Crippen LogP contribution is -2.53. The molecule has 18 heavy (non-hydrogen) atoms. The van der Waals surface area contributed by atoms with Crippen molar-refractivity contribution in [2.45, 2.75) is 12.8 Å². The third kappa shape index (κ3) is 5.05. The maximum Gasteiger partial charge on any atom is 0.268 e. The van der Waals surface area contributed by atoms with Crippen molar-refractivity contribution in [2.24, 2.45) is 0 Å². The van der Waals surface area contributed by atoms with Crippen LogP contribution in [0, 0.1) is 0 Å². The highest BCUT2D eigenvalue weighted by atomic mass is 32.1. The molecule has 2 amide bonds. The van der Waals surface area contributed by atoms with E-state index >= 15 is 0 Å². The van der Waals surface area contributed by atoms with E-state index in [9.17, 15) is 9.59 Å². The SMILES string of the molecule is O=C1CN(OCCCS)C(=O)CN1OCCCS. The molecule has 104 valence electrons.